The fraction of sp³-hybridized carbons (Fsp3) is 0.632. The molecule has 0 spiro atoms. The molecule has 2 rings (SSSR count). The van der Waals surface area contributed by atoms with E-state index in [-0.39, 0.29) is 11.9 Å². The van der Waals surface area contributed by atoms with Gasteiger partial charge in [-0.1, -0.05) is 32.0 Å². The molecule has 1 amide bonds. The molecule has 4 heteroatoms. The van der Waals surface area contributed by atoms with Crippen LogP contribution in [0.1, 0.15) is 51.1 Å². The maximum absolute atomic E-state index is 12.4. The minimum atomic E-state index is 0.0142. The average Bonchev–Trinajstić information content (AvgIpc) is 3.05. The molecular weight excluding hydrogens is 288 g/mol. The van der Waals surface area contributed by atoms with Gasteiger partial charge in [0.2, 0.25) is 5.91 Å². The molecule has 0 bridgehead atoms. The minimum absolute atomic E-state index is 0.0142. The summed E-state index contributed by atoms with van der Waals surface area (Å²) in [6, 6.07) is 7.98. The molecular formula is C19H30N2O2. The normalized spacial score (nSPS) is 18.9. The quantitative estimate of drug-likeness (QED) is 0.773. The smallest absolute Gasteiger partial charge is 0.220 e. The molecule has 0 aliphatic carbocycles. The summed E-state index contributed by atoms with van der Waals surface area (Å²) in [4.78, 5) is 12.4. The summed E-state index contributed by atoms with van der Waals surface area (Å²) >= 11 is 0. The summed E-state index contributed by atoms with van der Waals surface area (Å²) in [6.45, 7) is 6.50. The van der Waals surface area contributed by atoms with Crippen LogP contribution in [0.15, 0.2) is 24.3 Å². The van der Waals surface area contributed by atoms with Crippen LogP contribution in [0.25, 0.3) is 0 Å². The zero-order valence-electron chi connectivity index (χ0n) is 14.6. The van der Waals surface area contributed by atoms with E-state index in [1.54, 1.807) is 7.11 Å². The van der Waals surface area contributed by atoms with Crippen molar-refractivity contribution in [3.63, 3.8) is 0 Å². The fourth-order valence-corrected chi connectivity index (χ4v) is 3.25. The largest absolute Gasteiger partial charge is 0.496 e. The minimum Gasteiger partial charge on any atom is -0.496 e. The van der Waals surface area contributed by atoms with Crippen molar-refractivity contribution in [1.29, 1.82) is 0 Å². The second-order valence-corrected chi connectivity index (χ2v) is 6.89. The maximum Gasteiger partial charge on any atom is 0.220 e. The van der Waals surface area contributed by atoms with Gasteiger partial charge in [-0.3, -0.25) is 4.79 Å². The van der Waals surface area contributed by atoms with Crippen LogP contribution in [0, 0.1) is 11.8 Å². The Kier molecular flexibility index (Phi) is 6.90. The van der Waals surface area contributed by atoms with Crippen LogP contribution in [0.4, 0.5) is 0 Å². The van der Waals surface area contributed by atoms with Crippen molar-refractivity contribution in [3.05, 3.63) is 29.8 Å². The van der Waals surface area contributed by atoms with Gasteiger partial charge in [-0.15, -0.1) is 0 Å². The van der Waals surface area contributed by atoms with E-state index < -0.39 is 0 Å². The number of benzene rings is 1. The summed E-state index contributed by atoms with van der Waals surface area (Å²) in [7, 11) is 1.68. The predicted octanol–water partition coefficient (Wildman–Crippen LogP) is 3.29. The SMILES string of the molecule is COc1ccccc1C(CC(C)C)NC(=O)CCC1CCNC1. The second kappa shape index (κ2) is 8.92. The molecule has 23 heavy (non-hydrogen) atoms. The number of para-hydroxylation sites is 1. The highest BCUT2D eigenvalue weighted by Gasteiger charge is 2.21. The average molecular weight is 318 g/mol. The van der Waals surface area contributed by atoms with Crippen LogP contribution < -0.4 is 15.4 Å². The number of carbonyl (C=O) groups excluding carboxylic acids is 1. The first-order chi connectivity index (χ1) is 11.1. The molecule has 1 aliphatic rings. The highest BCUT2D eigenvalue weighted by atomic mass is 16.5. The summed E-state index contributed by atoms with van der Waals surface area (Å²) in [6.07, 6.45) is 3.68. The summed E-state index contributed by atoms with van der Waals surface area (Å²) in [5.41, 5.74) is 1.07. The van der Waals surface area contributed by atoms with Gasteiger partial charge in [0.05, 0.1) is 13.2 Å². The van der Waals surface area contributed by atoms with Gasteiger partial charge in [0.1, 0.15) is 5.75 Å². The topological polar surface area (TPSA) is 50.4 Å². The molecule has 128 valence electrons. The van der Waals surface area contributed by atoms with Gasteiger partial charge in [0.25, 0.3) is 0 Å². The monoisotopic (exact) mass is 318 g/mol. The molecule has 2 unspecified atom stereocenters. The molecule has 1 aliphatic heterocycles. The molecule has 0 aromatic heterocycles. The Balaban J connectivity index is 1.98. The van der Waals surface area contributed by atoms with Gasteiger partial charge >= 0.3 is 0 Å². The zero-order valence-corrected chi connectivity index (χ0v) is 14.6. The molecule has 1 aromatic rings. The molecule has 0 radical (unpaired) electrons. The van der Waals surface area contributed by atoms with Crippen molar-refractivity contribution in [2.75, 3.05) is 20.2 Å². The fourth-order valence-electron chi connectivity index (χ4n) is 3.25. The third-order valence-corrected chi connectivity index (χ3v) is 4.50. The number of nitrogens with one attached hydrogen (secondary N) is 2. The van der Waals surface area contributed by atoms with Crippen molar-refractivity contribution in [3.8, 4) is 5.75 Å². The first kappa shape index (κ1) is 17.8. The van der Waals surface area contributed by atoms with Gasteiger partial charge in [0, 0.05) is 12.0 Å². The van der Waals surface area contributed by atoms with E-state index in [2.05, 4.69) is 24.5 Å². The van der Waals surface area contributed by atoms with Gasteiger partial charge < -0.3 is 15.4 Å². The second-order valence-electron chi connectivity index (χ2n) is 6.89. The molecule has 4 nitrogen and oxygen atoms in total. The summed E-state index contributed by atoms with van der Waals surface area (Å²) in [5, 5.41) is 6.58. The first-order valence-electron chi connectivity index (χ1n) is 8.73. The lowest BCUT2D eigenvalue weighted by atomic mass is 9.95. The first-order valence-corrected chi connectivity index (χ1v) is 8.73. The molecule has 1 aromatic carbocycles. The van der Waals surface area contributed by atoms with Crippen LogP contribution in [0.5, 0.6) is 5.75 Å². The number of methoxy groups -OCH3 is 1. The third-order valence-electron chi connectivity index (χ3n) is 4.50. The number of amides is 1. The van der Waals surface area contributed by atoms with Crippen LogP contribution in [0.2, 0.25) is 0 Å². The van der Waals surface area contributed by atoms with Crippen molar-refractivity contribution < 1.29 is 9.53 Å². The molecule has 1 fully saturated rings. The maximum atomic E-state index is 12.4. The van der Waals surface area contributed by atoms with E-state index in [1.807, 2.05) is 24.3 Å². The van der Waals surface area contributed by atoms with Crippen LogP contribution in [0.3, 0.4) is 0 Å². The van der Waals surface area contributed by atoms with Gasteiger partial charge in [-0.05, 0) is 50.3 Å². The van der Waals surface area contributed by atoms with Crippen molar-refractivity contribution in [2.45, 2.75) is 45.6 Å². The Morgan fingerprint density at radius 1 is 1.39 bits per heavy atom. The van der Waals surface area contributed by atoms with Crippen LogP contribution in [-0.2, 0) is 4.79 Å². The Labute approximate surface area is 140 Å². The highest BCUT2D eigenvalue weighted by Crippen LogP contribution is 2.29. The number of hydrogen-bond donors (Lipinski definition) is 2. The Bertz CT molecular complexity index is 496. The Morgan fingerprint density at radius 2 is 2.17 bits per heavy atom. The van der Waals surface area contributed by atoms with E-state index in [0.717, 1.165) is 37.2 Å². The van der Waals surface area contributed by atoms with Crippen molar-refractivity contribution in [1.82, 2.24) is 10.6 Å². The molecule has 1 saturated heterocycles. The zero-order chi connectivity index (χ0) is 16.7. The van der Waals surface area contributed by atoms with E-state index in [9.17, 15) is 4.79 Å². The van der Waals surface area contributed by atoms with Crippen LogP contribution in [-0.4, -0.2) is 26.1 Å². The highest BCUT2D eigenvalue weighted by molar-refractivity contribution is 5.76. The van der Waals surface area contributed by atoms with E-state index in [4.69, 9.17) is 4.74 Å². The van der Waals surface area contributed by atoms with Gasteiger partial charge in [-0.25, -0.2) is 0 Å². The number of hydrogen-bond acceptors (Lipinski definition) is 3. The van der Waals surface area contributed by atoms with Crippen molar-refractivity contribution >= 4 is 5.91 Å². The Hall–Kier alpha value is -1.55. The van der Waals surface area contributed by atoms with Crippen molar-refractivity contribution in [2.24, 2.45) is 11.8 Å². The summed E-state index contributed by atoms with van der Waals surface area (Å²) in [5.74, 6) is 2.15. The molecule has 2 atom stereocenters. The summed E-state index contributed by atoms with van der Waals surface area (Å²) < 4.78 is 5.47. The van der Waals surface area contributed by atoms with Gasteiger partial charge in [0.15, 0.2) is 0 Å². The van der Waals surface area contributed by atoms with Crippen LogP contribution >= 0.6 is 0 Å². The standard InChI is InChI=1S/C19H30N2O2/c1-14(2)12-17(16-6-4-5-7-18(16)23-3)21-19(22)9-8-15-10-11-20-13-15/h4-7,14-15,17,20H,8-13H2,1-3H3,(H,21,22). The third kappa shape index (κ3) is 5.54. The number of carbonyl (C=O) groups is 1. The van der Waals surface area contributed by atoms with E-state index in [0.29, 0.717) is 18.3 Å². The number of ether oxygens (including phenoxy) is 1. The Morgan fingerprint density at radius 3 is 2.83 bits per heavy atom. The lowest BCUT2D eigenvalue weighted by Crippen LogP contribution is -2.30. The number of rotatable bonds is 8. The van der Waals surface area contributed by atoms with E-state index >= 15 is 0 Å². The predicted molar refractivity (Wildman–Crippen MR) is 93.5 cm³/mol. The lowest BCUT2D eigenvalue weighted by Gasteiger charge is -2.23. The molecule has 1 heterocycles. The van der Waals surface area contributed by atoms with E-state index in [1.165, 1.54) is 6.42 Å². The molecule has 0 saturated carbocycles. The lowest BCUT2D eigenvalue weighted by molar-refractivity contribution is -0.122. The van der Waals surface area contributed by atoms with Gasteiger partial charge in [-0.2, -0.15) is 0 Å². The molecule has 2 N–H and O–H groups in total.